The average Bonchev–Trinajstić information content (AvgIpc) is 3.42. The molecule has 6 nitrogen and oxygen atoms in total. The molecule has 0 aliphatic heterocycles. The lowest BCUT2D eigenvalue weighted by molar-refractivity contribution is -0.164. The summed E-state index contributed by atoms with van der Waals surface area (Å²) in [6.45, 7) is 3.27. The molecule has 1 aliphatic rings. The SMILES string of the molecule is CCOC(=O)C1(C(=O)OCC)C(c2ccccc2)C1S(=O)(=O)c1ccccc1. The molecule has 0 radical (unpaired) electrons. The molecular weight excluding hydrogens is 380 g/mol. The van der Waals surface area contributed by atoms with Crippen LogP contribution in [0.3, 0.4) is 0 Å². The van der Waals surface area contributed by atoms with Crippen molar-refractivity contribution in [2.45, 2.75) is 29.9 Å². The third-order valence-corrected chi connectivity index (χ3v) is 7.17. The Balaban J connectivity index is 2.19. The maximum atomic E-state index is 13.4. The number of benzene rings is 2. The van der Waals surface area contributed by atoms with Crippen molar-refractivity contribution >= 4 is 21.8 Å². The number of carbonyl (C=O) groups is 2. The second-order valence-corrected chi connectivity index (χ2v) is 8.55. The standard InChI is InChI=1S/C21H22O6S/c1-3-26-19(22)21(20(23)27-4-2)17(15-11-7-5-8-12-15)18(21)28(24,25)16-13-9-6-10-14-16/h5-14,17-18H,3-4H2,1-2H3. The Morgan fingerprint density at radius 2 is 1.32 bits per heavy atom. The number of hydrogen-bond acceptors (Lipinski definition) is 6. The molecule has 28 heavy (non-hydrogen) atoms. The van der Waals surface area contributed by atoms with Crippen molar-refractivity contribution in [1.82, 2.24) is 0 Å². The first-order valence-electron chi connectivity index (χ1n) is 9.10. The second kappa shape index (κ2) is 7.75. The summed E-state index contributed by atoms with van der Waals surface area (Å²) in [5, 5.41) is -1.29. The van der Waals surface area contributed by atoms with Crippen molar-refractivity contribution in [3.63, 3.8) is 0 Å². The maximum Gasteiger partial charge on any atom is 0.325 e. The molecule has 2 atom stereocenters. The van der Waals surface area contributed by atoms with Crippen LogP contribution in [0.1, 0.15) is 25.3 Å². The summed E-state index contributed by atoms with van der Waals surface area (Å²) >= 11 is 0. The molecule has 0 heterocycles. The van der Waals surface area contributed by atoms with Crippen LogP contribution in [0.15, 0.2) is 65.6 Å². The van der Waals surface area contributed by atoms with E-state index in [9.17, 15) is 18.0 Å². The summed E-state index contributed by atoms with van der Waals surface area (Å²) in [4.78, 5) is 25.9. The number of hydrogen-bond donors (Lipinski definition) is 0. The van der Waals surface area contributed by atoms with Gasteiger partial charge in [-0.05, 0) is 31.5 Å². The molecule has 1 saturated carbocycles. The van der Waals surface area contributed by atoms with Crippen LogP contribution in [-0.2, 0) is 28.9 Å². The summed E-state index contributed by atoms with van der Waals surface area (Å²) in [5.41, 5.74) is -1.34. The van der Waals surface area contributed by atoms with Gasteiger partial charge in [-0.25, -0.2) is 8.42 Å². The Hall–Kier alpha value is -2.67. The van der Waals surface area contributed by atoms with Gasteiger partial charge < -0.3 is 9.47 Å². The lowest BCUT2D eigenvalue weighted by Crippen LogP contribution is -2.35. The largest absolute Gasteiger partial charge is 0.465 e. The van der Waals surface area contributed by atoms with E-state index in [1.165, 1.54) is 12.1 Å². The number of ether oxygens (including phenoxy) is 2. The van der Waals surface area contributed by atoms with Crippen LogP contribution in [0, 0.1) is 5.41 Å². The Labute approximate surface area is 164 Å². The number of carbonyl (C=O) groups excluding carboxylic acids is 2. The van der Waals surface area contributed by atoms with Crippen LogP contribution in [0.25, 0.3) is 0 Å². The monoisotopic (exact) mass is 402 g/mol. The molecule has 0 aromatic heterocycles. The number of sulfone groups is 1. The van der Waals surface area contributed by atoms with Crippen molar-refractivity contribution in [2.75, 3.05) is 13.2 Å². The van der Waals surface area contributed by atoms with Crippen LogP contribution in [0.2, 0.25) is 0 Å². The third-order valence-electron chi connectivity index (χ3n) is 4.92. The van der Waals surface area contributed by atoms with Gasteiger partial charge in [0.25, 0.3) is 0 Å². The summed E-state index contributed by atoms with van der Waals surface area (Å²) in [5.74, 6) is -2.62. The first-order valence-corrected chi connectivity index (χ1v) is 10.6. The van der Waals surface area contributed by atoms with Gasteiger partial charge in [0.1, 0.15) is 5.25 Å². The van der Waals surface area contributed by atoms with Gasteiger partial charge in [0, 0.05) is 5.92 Å². The highest BCUT2D eigenvalue weighted by Crippen LogP contribution is 2.65. The molecule has 0 saturated heterocycles. The van der Waals surface area contributed by atoms with Crippen LogP contribution in [0.4, 0.5) is 0 Å². The Morgan fingerprint density at radius 3 is 1.79 bits per heavy atom. The van der Waals surface area contributed by atoms with Gasteiger partial charge in [0.05, 0.1) is 18.1 Å². The van der Waals surface area contributed by atoms with Crippen molar-refractivity contribution in [3.8, 4) is 0 Å². The first kappa shape index (κ1) is 20.1. The average molecular weight is 402 g/mol. The predicted octanol–water partition coefficient (Wildman–Crippen LogP) is 2.74. The minimum absolute atomic E-state index is 0.0274. The maximum absolute atomic E-state index is 13.4. The van der Waals surface area contributed by atoms with E-state index in [0.717, 1.165) is 0 Å². The Bertz CT molecular complexity index is 935. The summed E-state index contributed by atoms with van der Waals surface area (Å²) < 4.78 is 37.1. The van der Waals surface area contributed by atoms with Gasteiger partial charge in [0.15, 0.2) is 15.3 Å². The van der Waals surface area contributed by atoms with Gasteiger partial charge in [0.2, 0.25) is 0 Å². The van der Waals surface area contributed by atoms with Gasteiger partial charge in [-0.2, -0.15) is 0 Å². The van der Waals surface area contributed by atoms with Gasteiger partial charge >= 0.3 is 11.9 Å². The molecule has 0 N–H and O–H groups in total. The lowest BCUT2D eigenvalue weighted by atomic mass is 9.99. The third kappa shape index (κ3) is 3.09. The molecule has 148 valence electrons. The predicted molar refractivity (Wildman–Crippen MR) is 102 cm³/mol. The van der Waals surface area contributed by atoms with Crippen molar-refractivity contribution < 1.29 is 27.5 Å². The van der Waals surface area contributed by atoms with E-state index in [1.54, 1.807) is 62.4 Å². The van der Waals surface area contributed by atoms with Crippen LogP contribution in [0.5, 0.6) is 0 Å². The Morgan fingerprint density at radius 1 is 0.857 bits per heavy atom. The molecule has 7 heteroatoms. The smallest absolute Gasteiger partial charge is 0.325 e. The fraction of sp³-hybridized carbons (Fsp3) is 0.333. The van der Waals surface area contributed by atoms with Crippen molar-refractivity contribution in [2.24, 2.45) is 5.41 Å². The molecule has 1 aliphatic carbocycles. The normalized spacial score (nSPS) is 20.2. The summed E-state index contributed by atoms with van der Waals surface area (Å²) in [6, 6.07) is 16.5. The van der Waals surface area contributed by atoms with Crippen LogP contribution < -0.4 is 0 Å². The van der Waals surface area contributed by atoms with E-state index in [-0.39, 0.29) is 18.1 Å². The van der Waals surface area contributed by atoms with Crippen molar-refractivity contribution in [1.29, 1.82) is 0 Å². The van der Waals surface area contributed by atoms with Crippen molar-refractivity contribution in [3.05, 3.63) is 66.2 Å². The molecule has 0 amide bonds. The minimum Gasteiger partial charge on any atom is -0.465 e. The van der Waals surface area contributed by atoms with Gasteiger partial charge in [-0.15, -0.1) is 0 Å². The highest BCUT2D eigenvalue weighted by atomic mass is 32.2. The van der Waals surface area contributed by atoms with Gasteiger partial charge in [-0.1, -0.05) is 48.5 Å². The number of esters is 2. The fourth-order valence-electron chi connectivity index (χ4n) is 3.71. The molecule has 0 spiro atoms. The molecule has 0 bridgehead atoms. The number of rotatable bonds is 7. The quantitative estimate of drug-likeness (QED) is 0.523. The van der Waals surface area contributed by atoms with E-state index in [1.807, 2.05) is 0 Å². The molecular formula is C21H22O6S. The Kier molecular flexibility index (Phi) is 5.56. The second-order valence-electron chi connectivity index (χ2n) is 6.48. The zero-order chi connectivity index (χ0) is 20.4. The minimum atomic E-state index is -4.00. The van der Waals surface area contributed by atoms with Gasteiger partial charge in [-0.3, -0.25) is 9.59 Å². The molecule has 2 aromatic rings. The van der Waals surface area contributed by atoms with Crippen LogP contribution in [-0.4, -0.2) is 38.8 Å². The molecule has 1 fully saturated rings. The molecule has 2 aromatic carbocycles. The lowest BCUT2D eigenvalue weighted by Gasteiger charge is -2.15. The molecule has 3 rings (SSSR count). The highest BCUT2D eigenvalue weighted by Gasteiger charge is 2.81. The van der Waals surface area contributed by atoms with E-state index in [2.05, 4.69) is 0 Å². The topological polar surface area (TPSA) is 86.7 Å². The summed E-state index contributed by atoms with van der Waals surface area (Å²) in [7, 11) is -4.00. The van der Waals surface area contributed by atoms with E-state index < -0.39 is 38.4 Å². The zero-order valence-electron chi connectivity index (χ0n) is 15.7. The fourth-order valence-corrected chi connectivity index (χ4v) is 6.02. The van der Waals surface area contributed by atoms with E-state index in [0.29, 0.717) is 5.56 Å². The summed E-state index contributed by atoms with van der Waals surface area (Å²) in [6.07, 6.45) is 0. The first-order chi connectivity index (χ1) is 13.4. The van der Waals surface area contributed by atoms with E-state index >= 15 is 0 Å². The highest BCUT2D eigenvalue weighted by molar-refractivity contribution is 7.92. The van der Waals surface area contributed by atoms with E-state index in [4.69, 9.17) is 9.47 Å². The van der Waals surface area contributed by atoms with Crippen LogP contribution >= 0.6 is 0 Å². The molecule has 2 unspecified atom stereocenters. The zero-order valence-corrected chi connectivity index (χ0v) is 16.5.